The number of imide groups is 1. The van der Waals surface area contributed by atoms with E-state index in [0.29, 0.717) is 17.1 Å². The van der Waals surface area contributed by atoms with Gasteiger partial charge in [-0.25, -0.2) is 4.90 Å². The van der Waals surface area contributed by atoms with Gasteiger partial charge in [-0.15, -0.1) is 5.10 Å². The minimum Gasteiger partial charge on any atom is -0.454 e. The van der Waals surface area contributed by atoms with Crippen molar-refractivity contribution in [3.05, 3.63) is 53.1 Å². The maximum atomic E-state index is 12.7. The van der Waals surface area contributed by atoms with Gasteiger partial charge >= 0.3 is 0 Å². The van der Waals surface area contributed by atoms with Gasteiger partial charge in [0.2, 0.25) is 18.6 Å². The van der Waals surface area contributed by atoms with Crippen LogP contribution in [-0.2, 0) is 16.0 Å². The van der Waals surface area contributed by atoms with Gasteiger partial charge in [-0.05, 0) is 61.7 Å². The fourth-order valence-corrected chi connectivity index (χ4v) is 4.27. The summed E-state index contributed by atoms with van der Waals surface area (Å²) < 4.78 is 10.7. The lowest BCUT2D eigenvalue weighted by Gasteiger charge is -2.14. The maximum absolute atomic E-state index is 12.7. The quantitative estimate of drug-likeness (QED) is 0.297. The Morgan fingerprint density at radius 3 is 2.69 bits per heavy atom. The largest absolute Gasteiger partial charge is 0.454 e. The highest BCUT2D eigenvalue weighted by atomic mass is 35.5. The molecule has 2 heterocycles. The number of amides is 2. The van der Waals surface area contributed by atoms with Gasteiger partial charge < -0.3 is 15.2 Å². The summed E-state index contributed by atoms with van der Waals surface area (Å²) in [7, 11) is 0. The Bertz CT molecular complexity index is 1100. The zero-order valence-corrected chi connectivity index (χ0v) is 18.9. The summed E-state index contributed by atoms with van der Waals surface area (Å²) in [6.45, 7) is 2.11. The smallest absolute Gasteiger partial charge is 0.247 e. The van der Waals surface area contributed by atoms with Gasteiger partial charge in [0.15, 0.2) is 16.7 Å². The van der Waals surface area contributed by atoms with Crippen LogP contribution in [0.1, 0.15) is 25.3 Å². The molecular formula is C22H21ClN4O4S. The van der Waals surface area contributed by atoms with Crippen LogP contribution in [0, 0.1) is 0 Å². The fourth-order valence-electron chi connectivity index (χ4n) is 3.33. The fraction of sp³-hybridized carbons (Fsp3) is 0.273. The van der Waals surface area contributed by atoms with E-state index in [1.807, 2.05) is 25.1 Å². The second kappa shape index (κ2) is 9.62. The Balaban J connectivity index is 1.32. The number of carbonyl (C=O) groups excluding carboxylic acids is 2. The summed E-state index contributed by atoms with van der Waals surface area (Å²) >= 11 is 6.92. The van der Waals surface area contributed by atoms with Gasteiger partial charge in [0.05, 0.1) is 5.69 Å². The molecule has 0 radical (unpaired) electrons. The Hall–Kier alpha value is -3.04. The number of amidine groups is 1. The van der Waals surface area contributed by atoms with Crippen molar-refractivity contribution in [2.45, 2.75) is 31.4 Å². The number of carbonyl (C=O) groups is 2. The van der Waals surface area contributed by atoms with Crippen LogP contribution in [0.2, 0.25) is 5.02 Å². The van der Waals surface area contributed by atoms with E-state index in [4.69, 9.17) is 26.8 Å². The van der Waals surface area contributed by atoms with E-state index in [0.717, 1.165) is 45.9 Å². The molecule has 0 bridgehead atoms. The first-order chi connectivity index (χ1) is 15.4. The number of aryl methyl sites for hydroxylation is 1. The zero-order chi connectivity index (χ0) is 22.7. The molecule has 1 saturated heterocycles. The van der Waals surface area contributed by atoms with E-state index < -0.39 is 5.25 Å². The summed E-state index contributed by atoms with van der Waals surface area (Å²) in [5.41, 5.74) is 8.34. The molecule has 2 aromatic rings. The molecule has 2 aliphatic heterocycles. The molecule has 1 fully saturated rings. The first-order valence-corrected chi connectivity index (χ1v) is 11.2. The molecule has 4 rings (SSSR count). The molecule has 0 saturated carbocycles. The summed E-state index contributed by atoms with van der Waals surface area (Å²) in [6, 6.07) is 12.4. The number of hydrogen-bond acceptors (Lipinski definition) is 7. The molecule has 1 atom stereocenters. The highest BCUT2D eigenvalue weighted by Gasteiger charge is 2.40. The SMILES string of the molecule is CC(CCc1ccc2c(c1)OCO2)=NN=C(N)SC1CC(=O)N(c2ccc(Cl)cc2)C1=O. The molecule has 166 valence electrons. The number of halogens is 1. The molecule has 8 nitrogen and oxygen atoms in total. The lowest BCUT2D eigenvalue weighted by atomic mass is 10.1. The van der Waals surface area contributed by atoms with Gasteiger partial charge in [0.1, 0.15) is 5.25 Å². The molecule has 0 aromatic heterocycles. The van der Waals surface area contributed by atoms with Crippen molar-refractivity contribution in [1.29, 1.82) is 0 Å². The van der Waals surface area contributed by atoms with Crippen LogP contribution in [0.15, 0.2) is 52.7 Å². The van der Waals surface area contributed by atoms with Gasteiger partial charge in [0.25, 0.3) is 0 Å². The second-order valence-electron chi connectivity index (χ2n) is 7.32. The molecule has 2 N–H and O–H groups in total. The van der Waals surface area contributed by atoms with Crippen LogP contribution < -0.4 is 20.1 Å². The van der Waals surface area contributed by atoms with E-state index in [1.165, 1.54) is 0 Å². The number of ether oxygens (including phenoxy) is 2. The first-order valence-electron chi connectivity index (χ1n) is 9.95. The van der Waals surface area contributed by atoms with Crippen LogP contribution in [0.3, 0.4) is 0 Å². The van der Waals surface area contributed by atoms with Crippen LogP contribution >= 0.6 is 23.4 Å². The molecule has 2 aliphatic rings. The number of hydrogen-bond donors (Lipinski definition) is 1. The lowest BCUT2D eigenvalue weighted by molar-refractivity contribution is -0.121. The molecule has 2 aromatic carbocycles. The summed E-state index contributed by atoms with van der Waals surface area (Å²) in [4.78, 5) is 26.2. The van der Waals surface area contributed by atoms with E-state index >= 15 is 0 Å². The third-order valence-corrected chi connectivity index (χ3v) is 6.21. The van der Waals surface area contributed by atoms with Crippen molar-refractivity contribution < 1.29 is 19.1 Å². The Morgan fingerprint density at radius 2 is 1.91 bits per heavy atom. The molecular weight excluding hydrogens is 452 g/mol. The monoisotopic (exact) mass is 472 g/mol. The van der Waals surface area contributed by atoms with Crippen molar-refractivity contribution in [1.82, 2.24) is 0 Å². The molecule has 10 heteroatoms. The van der Waals surface area contributed by atoms with Gasteiger partial charge in [-0.1, -0.05) is 29.4 Å². The number of thioether (sulfide) groups is 1. The van der Waals surface area contributed by atoms with Gasteiger partial charge in [-0.3, -0.25) is 9.59 Å². The summed E-state index contributed by atoms with van der Waals surface area (Å²) in [5.74, 6) is 0.886. The van der Waals surface area contributed by atoms with Crippen LogP contribution in [0.5, 0.6) is 11.5 Å². The third-order valence-electron chi connectivity index (χ3n) is 4.98. The third kappa shape index (κ3) is 5.05. The standard InChI is InChI=1S/C22H21ClN4O4S/c1-13(2-3-14-4-9-17-18(10-14)31-12-30-17)25-26-22(24)32-19-11-20(28)27(21(19)29)16-7-5-15(23)6-8-16/h4-10,19H,2-3,11-12H2,1H3,(H2,24,26). The van der Waals surface area contributed by atoms with Crippen molar-refractivity contribution in [3.8, 4) is 11.5 Å². The average molecular weight is 473 g/mol. The Labute approximate surface area is 194 Å². The highest BCUT2D eigenvalue weighted by molar-refractivity contribution is 8.14. The van der Waals surface area contributed by atoms with E-state index in [2.05, 4.69) is 10.2 Å². The number of anilines is 1. The predicted octanol–water partition coefficient (Wildman–Crippen LogP) is 3.76. The summed E-state index contributed by atoms with van der Waals surface area (Å²) in [6.07, 6.45) is 1.50. The van der Waals surface area contributed by atoms with E-state index in [9.17, 15) is 9.59 Å². The lowest BCUT2D eigenvalue weighted by Crippen LogP contribution is -2.31. The molecule has 32 heavy (non-hydrogen) atoms. The minimum absolute atomic E-state index is 0.0508. The number of nitrogens with zero attached hydrogens (tertiary/aromatic N) is 3. The van der Waals surface area contributed by atoms with Crippen molar-refractivity contribution in [2.24, 2.45) is 15.9 Å². The zero-order valence-electron chi connectivity index (χ0n) is 17.3. The van der Waals surface area contributed by atoms with Crippen LogP contribution in [0.4, 0.5) is 5.69 Å². The number of fused-ring (bicyclic) bond motifs is 1. The van der Waals surface area contributed by atoms with Crippen LogP contribution in [0.25, 0.3) is 0 Å². The Morgan fingerprint density at radius 1 is 1.16 bits per heavy atom. The topological polar surface area (TPSA) is 107 Å². The van der Waals surface area contributed by atoms with Crippen molar-refractivity contribution >= 4 is 51.7 Å². The maximum Gasteiger partial charge on any atom is 0.247 e. The normalized spacial score (nSPS) is 18.6. The van der Waals surface area contributed by atoms with Gasteiger partial charge in [0, 0.05) is 17.2 Å². The highest BCUT2D eigenvalue weighted by Crippen LogP contribution is 2.33. The second-order valence-corrected chi connectivity index (χ2v) is 8.97. The van der Waals surface area contributed by atoms with Crippen molar-refractivity contribution in [3.63, 3.8) is 0 Å². The number of nitrogens with two attached hydrogens (primary N) is 1. The van der Waals surface area contributed by atoms with Crippen LogP contribution in [-0.4, -0.2) is 34.7 Å². The molecule has 1 unspecified atom stereocenters. The molecule has 2 amide bonds. The molecule has 0 spiro atoms. The number of rotatable bonds is 6. The van der Waals surface area contributed by atoms with E-state index in [1.54, 1.807) is 24.3 Å². The number of benzene rings is 2. The minimum atomic E-state index is -0.633. The predicted molar refractivity (Wildman–Crippen MR) is 126 cm³/mol. The first kappa shape index (κ1) is 22.2. The molecule has 0 aliphatic carbocycles. The average Bonchev–Trinajstić information content (AvgIpc) is 3.35. The Kier molecular flexibility index (Phi) is 6.66. The van der Waals surface area contributed by atoms with Crippen molar-refractivity contribution in [2.75, 3.05) is 11.7 Å². The van der Waals surface area contributed by atoms with E-state index in [-0.39, 0.29) is 30.2 Å². The summed E-state index contributed by atoms with van der Waals surface area (Å²) in [5, 5.41) is 8.22. The van der Waals surface area contributed by atoms with Gasteiger partial charge in [-0.2, -0.15) is 5.10 Å².